The third-order valence-corrected chi connectivity index (χ3v) is 4.73. The second-order valence-electron chi connectivity index (χ2n) is 6.34. The van der Waals surface area contributed by atoms with Gasteiger partial charge in [0.15, 0.2) is 11.5 Å². The smallest absolute Gasteiger partial charge is 0.226 e. The largest absolute Gasteiger partial charge is 0.493 e. The van der Waals surface area contributed by atoms with Crippen molar-refractivity contribution in [2.24, 2.45) is 5.92 Å². The van der Waals surface area contributed by atoms with Crippen LogP contribution in [0, 0.1) is 5.92 Å². The minimum atomic E-state index is 0. The maximum atomic E-state index is 12.6. The summed E-state index contributed by atoms with van der Waals surface area (Å²) in [6.45, 7) is 5.83. The van der Waals surface area contributed by atoms with Gasteiger partial charge >= 0.3 is 0 Å². The number of methoxy groups -OCH3 is 3. The molecule has 0 aromatic heterocycles. The summed E-state index contributed by atoms with van der Waals surface area (Å²) in [4.78, 5) is 14.6. The Bertz CT molecular complexity index is 550. The number of hydrogen-bond acceptors (Lipinski definition) is 5. The number of carbonyl (C=O) groups excluding carboxylic acids is 1. The fourth-order valence-corrected chi connectivity index (χ4v) is 3.26. The van der Waals surface area contributed by atoms with Crippen molar-refractivity contribution in [3.63, 3.8) is 0 Å². The van der Waals surface area contributed by atoms with Crippen LogP contribution in [0.25, 0.3) is 0 Å². The molecule has 0 unspecified atom stereocenters. The molecule has 1 aromatic rings. The number of piperidine rings is 1. The lowest BCUT2D eigenvalue weighted by Gasteiger charge is -2.32. The van der Waals surface area contributed by atoms with E-state index in [0.717, 1.165) is 44.6 Å². The van der Waals surface area contributed by atoms with E-state index in [9.17, 15) is 4.79 Å². The molecule has 2 rings (SSSR count). The van der Waals surface area contributed by atoms with Crippen molar-refractivity contribution >= 4 is 18.3 Å². The Morgan fingerprint density at radius 2 is 1.69 bits per heavy atom. The van der Waals surface area contributed by atoms with Gasteiger partial charge in [0, 0.05) is 13.1 Å². The number of nitrogens with zero attached hydrogens (tertiary/aromatic N) is 1. The lowest BCUT2D eigenvalue weighted by molar-refractivity contribution is -0.131. The molecule has 7 heteroatoms. The molecule has 0 saturated carbocycles. The van der Waals surface area contributed by atoms with Crippen LogP contribution in [0.15, 0.2) is 12.1 Å². The van der Waals surface area contributed by atoms with Gasteiger partial charge in [0.2, 0.25) is 11.7 Å². The van der Waals surface area contributed by atoms with Gasteiger partial charge in [-0.3, -0.25) is 4.79 Å². The Hall–Kier alpha value is -1.66. The van der Waals surface area contributed by atoms with Gasteiger partial charge in [0.1, 0.15) is 0 Å². The average Bonchev–Trinajstić information content (AvgIpc) is 2.65. The van der Waals surface area contributed by atoms with Gasteiger partial charge < -0.3 is 24.4 Å². The monoisotopic (exact) mass is 386 g/mol. The van der Waals surface area contributed by atoms with Crippen LogP contribution >= 0.6 is 12.4 Å². The van der Waals surface area contributed by atoms with Crippen molar-refractivity contribution in [2.75, 3.05) is 47.5 Å². The predicted octanol–water partition coefficient (Wildman–Crippen LogP) is 2.52. The minimum Gasteiger partial charge on any atom is -0.493 e. The quantitative estimate of drug-likeness (QED) is 0.743. The number of nitrogens with one attached hydrogen (secondary N) is 1. The maximum Gasteiger partial charge on any atom is 0.226 e. The van der Waals surface area contributed by atoms with Crippen molar-refractivity contribution in [2.45, 2.75) is 26.2 Å². The van der Waals surface area contributed by atoms with E-state index in [0.29, 0.717) is 29.6 Å². The fourth-order valence-electron chi connectivity index (χ4n) is 3.26. The molecule has 1 amide bonds. The zero-order chi connectivity index (χ0) is 18.2. The Morgan fingerprint density at radius 1 is 1.12 bits per heavy atom. The number of likely N-dealkylation sites (tertiary alicyclic amines) is 1. The number of halogens is 1. The van der Waals surface area contributed by atoms with E-state index in [4.69, 9.17) is 14.2 Å². The molecule has 26 heavy (non-hydrogen) atoms. The normalized spacial score (nSPS) is 14.5. The van der Waals surface area contributed by atoms with Crippen LogP contribution in [0.3, 0.4) is 0 Å². The zero-order valence-corrected chi connectivity index (χ0v) is 17.0. The van der Waals surface area contributed by atoms with Crippen LogP contribution in [0.2, 0.25) is 0 Å². The van der Waals surface area contributed by atoms with Crippen molar-refractivity contribution in [3.05, 3.63) is 17.7 Å². The van der Waals surface area contributed by atoms with Crippen LogP contribution in [-0.2, 0) is 11.2 Å². The Kier molecular flexibility index (Phi) is 9.59. The highest BCUT2D eigenvalue weighted by molar-refractivity contribution is 5.85. The molecule has 1 aliphatic rings. The summed E-state index contributed by atoms with van der Waals surface area (Å²) < 4.78 is 16.0. The summed E-state index contributed by atoms with van der Waals surface area (Å²) in [6.07, 6.45) is 2.47. The number of amides is 1. The highest BCUT2D eigenvalue weighted by Crippen LogP contribution is 2.38. The van der Waals surface area contributed by atoms with Gasteiger partial charge in [-0.25, -0.2) is 0 Å². The zero-order valence-electron chi connectivity index (χ0n) is 16.2. The highest BCUT2D eigenvalue weighted by Gasteiger charge is 2.23. The first-order valence-corrected chi connectivity index (χ1v) is 8.90. The van der Waals surface area contributed by atoms with Crippen LogP contribution in [0.5, 0.6) is 17.2 Å². The summed E-state index contributed by atoms with van der Waals surface area (Å²) in [7, 11) is 4.73. The first-order chi connectivity index (χ1) is 12.1. The molecule has 1 N–H and O–H groups in total. The third-order valence-electron chi connectivity index (χ3n) is 4.73. The van der Waals surface area contributed by atoms with Crippen LogP contribution in [-0.4, -0.2) is 58.3 Å². The summed E-state index contributed by atoms with van der Waals surface area (Å²) in [6, 6.07) is 3.69. The van der Waals surface area contributed by atoms with Gasteiger partial charge in [0.25, 0.3) is 0 Å². The first kappa shape index (κ1) is 22.4. The average molecular weight is 387 g/mol. The summed E-state index contributed by atoms with van der Waals surface area (Å²) >= 11 is 0. The SMILES string of the molecule is CCNCC1CCN(C(=O)Cc2cc(OC)c(OC)c(OC)c2)CC1.Cl. The highest BCUT2D eigenvalue weighted by atomic mass is 35.5. The van der Waals surface area contributed by atoms with Crippen LogP contribution in [0.1, 0.15) is 25.3 Å². The lowest BCUT2D eigenvalue weighted by Crippen LogP contribution is -2.41. The number of hydrogen-bond donors (Lipinski definition) is 1. The Balaban J connectivity index is 0.00000338. The lowest BCUT2D eigenvalue weighted by atomic mass is 9.96. The van der Waals surface area contributed by atoms with E-state index in [-0.39, 0.29) is 18.3 Å². The van der Waals surface area contributed by atoms with E-state index >= 15 is 0 Å². The van der Waals surface area contributed by atoms with E-state index < -0.39 is 0 Å². The molecule has 148 valence electrons. The molecule has 0 bridgehead atoms. The fraction of sp³-hybridized carbons (Fsp3) is 0.632. The molecule has 1 heterocycles. The second-order valence-corrected chi connectivity index (χ2v) is 6.34. The van der Waals surface area contributed by atoms with E-state index in [2.05, 4.69) is 12.2 Å². The Morgan fingerprint density at radius 3 is 2.15 bits per heavy atom. The number of ether oxygens (including phenoxy) is 3. The third kappa shape index (κ3) is 5.68. The topological polar surface area (TPSA) is 60.0 Å². The van der Waals surface area contributed by atoms with Crippen LogP contribution in [0.4, 0.5) is 0 Å². The van der Waals surface area contributed by atoms with Gasteiger partial charge in [0.05, 0.1) is 27.8 Å². The van der Waals surface area contributed by atoms with Gasteiger partial charge in [-0.2, -0.15) is 0 Å². The first-order valence-electron chi connectivity index (χ1n) is 8.90. The van der Waals surface area contributed by atoms with Gasteiger partial charge in [-0.05, 0) is 49.5 Å². The van der Waals surface area contributed by atoms with Crippen molar-refractivity contribution in [3.8, 4) is 17.2 Å². The van der Waals surface area contributed by atoms with Gasteiger partial charge in [-0.1, -0.05) is 6.92 Å². The molecule has 6 nitrogen and oxygen atoms in total. The van der Waals surface area contributed by atoms with E-state index in [1.807, 2.05) is 17.0 Å². The van der Waals surface area contributed by atoms with Gasteiger partial charge in [-0.15, -0.1) is 12.4 Å². The molecule has 1 aromatic carbocycles. The van der Waals surface area contributed by atoms with Crippen molar-refractivity contribution in [1.29, 1.82) is 0 Å². The molecule has 1 fully saturated rings. The van der Waals surface area contributed by atoms with Crippen molar-refractivity contribution in [1.82, 2.24) is 10.2 Å². The second kappa shape index (κ2) is 11.1. The van der Waals surface area contributed by atoms with Crippen molar-refractivity contribution < 1.29 is 19.0 Å². The number of rotatable bonds is 8. The minimum absolute atomic E-state index is 0. The number of benzene rings is 1. The molecule has 0 spiro atoms. The molecule has 0 radical (unpaired) electrons. The molecular weight excluding hydrogens is 356 g/mol. The van der Waals surface area contributed by atoms with E-state index in [1.165, 1.54) is 0 Å². The molecule has 1 aliphatic heterocycles. The molecule has 0 atom stereocenters. The molecular formula is C19H31ClN2O4. The predicted molar refractivity (Wildman–Crippen MR) is 105 cm³/mol. The van der Waals surface area contributed by atoms with Crippen LogP contribution < -0.4 is 19.5 Å². The molecule has 0 aliphatic carbocycles. The standard InChI is InChI=1S/C19H30N2O4.ClH/c1-5-20-13-14-6-8-21(9-7-14)18(22)12-15-10-16(23-2)19(25-4)17(11-15)24-3;/h10-11,14,20H,5-9,12-13H2,1-4H3;1H. The summed E-state index contributed by atoms with van der Waals surface area (Å²) in [5, 5.41) is 3.39. The number of carbonyl (C=O) groups is 1. The molecule has 1 saturated heterocycles. The Labute approximate surface area is 162 Å². The maximum absolute atomic E-state index is 12.6. The summed E-state index contributed by atoms with van der Waals surface area (Å²) in [5.41, 5.74) is 0.870. The summed E-state index contributed by atoms with van der Waals surface area (Å²) in [5.74, 6) is 2.52. The van der Waals surface area contributed by atoms with E-state index in [1.54, 1.807) is 21.3 Å².